The number of carbonyl (C=O) groups is 1. The van der Waals surface area contributed by atoms with Gasteiger partial charge in [0.2, 0.25) is 0 Å². The minimum absolute atomic E-state index is 0.255. The summed E-state index contributed by atoms with van der Waals surface area (Å²) >= 11 is 0. The van der Waals surface area contributed by atoms with Crippen molar-refractivity contribution in [3.63, 3.8) is 0 Å². The van der Waals surface area contributed by atoms with Crippen LogP contribution in [0.4, 0.5) is 0 Å². The first kappa shape index (κ1) is 17.7. The van der Waals surface area contributed by atoms with Gasteiger partial charge < -0.3 is 14.0 Å². The summed E-state index contributed by atoms with van der Waals surface area (Å²) in [6.45, 7) is 11.6. The highest BCUT2D eigenvalue weighted by Crippen LogP contribution is 2.09. The quantitative estimate of drug-likeness (QED) is 0.519. The van der Waals surface area contributed by atoms with Crippen LogP contribution in [-0.4, -0.2) is 50.3 Å². The van der Waals surface area contributed by atoms with Gasteiger partial charge in [0.1, 0.15) is 13.2 Å². The van der Waals surface area contributed by atoms with Crippen LogP contribution in [0.25, 0.3) is 0 Å². The predicted octanol–water partition coefficient (Wildman–Crippen LogP) is 2.87. The topological polar surface area (TPSA) is 35.5 Å². The number of nitrogens with zero attached hydrogens (tertiary/aromatic N) is 1. The summed E-state index contributed by atoms with van der Waals surface area (Å²) in [6, 6.07) is 7.40. The lowest BCUT2D eigenvalue weighted by atomic mass is 10.1. The van der Waals surface area contributed by atoms with Crippen molar-refractivity contribution in [2.75, 3.05) is 39.9 Å². The van der Waals surface area contributed by atoms with Gasteiger partial charge in [0, 0.05) is 7.11 Å². The number of quaternary nitrogens is 1. The maximum Gasteiger partial charge on any atom is 0.338 e. The lowest BCUT2D eigenvalue weighted by molar-refractivity contribution is -0.923. The van der Waals surface area contributed by atoms with Crippen molar-refractivity contribution in [1.29, 1.82) is 0 Å². The van der Waals surface area contributed by atoms with Crippen molar-refractivity contribution >= 4 is 5.97 Å². The van der Waals surface area contributed by atoms with Crippen molar-refractivity contribution in [3.8, 4) is 0 Å². The lowest BCUT2D eigenvalue weighted by Crippen LogP contribution is -2.49. The van der Waals surface area contributed by atoms with E-state index in [2.05, 4.69) is 20.8 Å². The summed E-state index contributed by atoms with van der Waals surface area (Å²) in [5.74, 6) is -0.255. The van der Waals surface area contributed by atoms with Gasteiger partial charge in [-0.2, -0.15) is 0 Å². The van der Waals surface area contributed by atoms with E-state index in [0.29, 0.717) is 18.8 Å². The Bertz CT molecular complexity index is 433. The van der Waals surface area contributed by atoms with Crippen LogP contribution in [0.5, 0.6) is 0 Å². The molecule has 0 aliphatic rings. The molecular formula is C17H28NO3+. The van der Waals surface area contributed by atoms with Gasteiger partial charge in [0.25, 0.3) is 0 Å². The Labute approximate surface area is 128 Å². The summed E-state index contributed by atoms with van der Waals surface area (Å²) in [5.41, 5.74) is 1.57. The molecule has 0 heterocycles. The molecule has 0 aliphatic heterocycles. The molecule has 0 aromatic heterocycles. The normalized spacial score (nSPS) is 11.4. The van der Waals surface area contributed by atoms with Gasteiger partial charge in [-0.05, 0) is 38.5 Å². The second-order valence-corrected chi connectivity index (χ2v) is 5.28. The number of benzene rings is 1. The molecule has 0 saturated heterocycles. The zero-order valence-corrected chi connectivity index (χ0v) is 13.7. The van der Waals surface area contributed by atoms with E-state index >= 15 is 0 Å². The number of rotatable bonds is 9. The molecular weight excluding hydrogens is 266 g/mol. The first-order valence-electron chi connectivity index (χ1n) is 7.70. The molecule has 0 fully saturated rings. The number of carbonyl (C=O) groups excluding carboxylic acids is 1. The maximum absolute atomic E-state index is 12.1. The molecule has 1 aromatic carbocycles. The Kier molecular flexibility index (Phi) is 7.40. The highest BCUT2D eigenvalue weighted by molar-refractivity contribution is 5.89. The average molecular weight is 294 g/mol. The van der Waals surface area contributed by atoms with E-state index in [0.717, 1.165) is 36.2 Å². The smallest absolute Gasteiger partial charge is 0.338 e. The molecule has 0 radical (unpaired) electrons. The van der Waals surface area contributed by atoms with Crippen LogP contribution in [0.1, 0.15) is 36.7 Å². The fourth-order valence-electron chi connectivity index (χ4n) is 2.52. The van der Waals surface area contributed by atoms with Gasteiger partial charge in [-0.25, -0.2) is 4.79 Å². The van der Waals surface area contributed by atoms with Crippen molar-refractivity contribution in [1.82, 2.24) is 0 Å². The van der Waals surface area contributed by atoms with Gasteiger partial charge >= 0.3 is 5.97 Å². The van der Waals surface area contributed by atoms with E-state index in [4.69, 9.17) is 9.47 Å². The highest BCUT2D eigenvalue weighted by atomic mass is 16.5. The highest BCUT2D eigenvalue weighted by Gasteiger charge is 2.21. The lowest BCUT2D eigenvalue weighted by Gasteiger charge is -2.35. The number of likely N-dealkylation sites (N-methyl/N-ethyl adjacent to an activating group) is 1. The van der Waals surface area contributed by atoms with E-state index in [1.165, 1.54) is 0 Å². The van der Waals surface area contributed by atoms with E-state index in [1.807, 2.05) is 18.2 Å². The second kappa shape index (κ2) is 8.80. The molecule has 0 aliphatic carbocycles. The number of methoxy groups -OCH3 is 1. The molecule has 21 heavy (non-hydrogen) atoms. The molecule has 0 atom stereocenters. The number of esters is 1. The van der Waals surface area contributed by atoms with Crippen LogP contribution < -0.4 is 0 Å². The molecule has 4 heteroatoms. The van der Waals surface area contributed by atoms with Gasteiger partial charge in [0.05, 0.1) is 31.8 Å². The molecule has 0 spiro atoms. The monoisotopic (exact) mass is 294 g/mol. The Morgan fingerprint density at radius 2 is 1.81 bits per heavy atom. The molecule has 1 rings (SSSR count). The molecule has 0 bridgehead atoms. The zero-order valence-electron chi connectivity index (χ0n) is 13.7. The van der Waals surface area contributed by atoms with E-state index < -0.39 is 0 Å². The summed E-state index contributed by atoms with van der Waals surface area (Å²) in [4.78, 5) is 12.1. The first-order valence-corrected chi connectivity index (χ1v) is 7.70. The Morgan fingerprint density at radius 3 is 2.38 bits per heavy atom. The average Bonchev–Trinajstić information content (AvgIpc) is 2.52. The van der Waals surface area contributed by atoms with Crippen LogP contribution >= 0.6 is 0 Å². The van der Waals surface area contributed by atoms with E-state index in [-0.39, 0.29) is 5.97 Å². The van der Waals surface area contributed by atoms with Crippen LogP contribution in [0, 0.1) is 0 Å². The standard InChI is InChI=1S/C17H28NO3/c1-5-18(6-2,7-3)11-12-21-17(19)16-10-8-9-15(13-16)14-20-4/h8-10,13H,5-7,11-12,14H2,1-4H3/q+1. The molecule has 118 valence electrons. The summed E-state index contributed by atoms with van der Waals surface area (Å²) < 4.78 is 11.5. The van der Waals surface area contributed by atoms with Crippen molar-refractivity contribution < 1.29 is 18.8 Å². The third-order valence-corrected chi connectivity index (χ3v) is 4.28. The Hall–Kier alpha value is -1.39. The third kappa shape index (κ3) is 5.14. The van der Waals surface area contributed by atoms with E-state index in [1.54, 1.807) is 13.2 Å². The molecule has 0 amide bonds. The third-order valence-electron chi connectivity index (χ3n) is 4.28. The number of hydrogen-bond acceptors (Lipinski definition) is 3. The fraction of sp³-hybridized carbons (Fsp3) is 0.588. The fourth-order valence-corrected chi connectivity index (χ4v) is 2.52. The molecule has 0 saturated carbocycles. The van der Waals surface area contributed by atoms with Crippen LogP contribution in [0.2, 0.25) is 0 Å². The Morgan fingerprint density at radius 1 is 1.14 bits per heavy atom. The first-order chi connectivity index (χ1) is 10.1. The van der Waals surface area contributed by atoms with Crippen molar-refractivity contribution in [3.05, 3.63) is 35.4 Å². The molecule has 0 unspecified atom stereocenters. The summed E-state index contributed by atoms with van der Waals surface area (Å²) in [7, 11) is 1.64. The van der Waals surface area contributed by atoms with Crippen LogP contribution in [0.3, 0.4) is 0 Å². The molecule has 0 N–H and O–H groups in total. The van der Waals surface area contributed by atoms with Gasteiger partial charge in [-0.1, -0.05) is 12.1 Å². The van der Waals surface area contributed by atoms with Crippen molar-refractivity contribution in [2.24, 2.45) is 0 Å². The Balaban J connectivity index is 2.56. The summed E-state index contributed by atoms with van der Waals surface area (Å²) in [5, 5.41) is 0. The molecule has 1 aromatic rings. The molecule has 4 nitrogen and oxygen atoms in total. The number of hydrogen-bond donors (Lipinski definition) is 0. The van der Waals surface area contributed by atoms with E-state index in [9.17, 15) is 4.79 Å². The van der Waals surface area contributed by atoms with Crippen molar-refractivity contribution in [2.45, 2.75) is 27.4 Å². The zero-order chi connectivity index (χ0) is 15.7. The SMILES string of the molecule is CC[N+](CC)(CC)CCOC(=O)c1cccc(COC)c1. The predicted molar refractivity (Wildman–Crippen MR) is 84.2 cm³/mol. The second-order valence-electron chi connectivity index (χ2n) is 5.28. The summed E-state index contributed by atoms with van der Waals surface area (Å²) in [6.07, 6.45) is 0. The number of ether oxygens (including phenoxy) is 2. The largest absolute Gasteiger partial charge is 0.456 e. The van der Waals surface area contributed by atoms with Gasteiger partial charge in [-0.15, -0.1) is 0 Å². The van der Waals surface area contributed by atoms with Gasteiger partial charge in [-0.3, -0.25) is 0 Å². The minimum Gasteiger partial charge on any atom is -0.456 e. The maximum atomic E-state index is 12.1. The van der Waals surface area contributed by atoms with Gasteiger partial charge in [0.15, 0.2) is 0 Å². The van der Waals surface area contributed by atoms with Crippen LogP contribution in [-0.2, 0) is 16.1 Å². The van der Waals surface area contributed by atoms with Crippen LogP contribution in [0.15, 0.2) is 24.3 Å². The minimum atomic E-state index is -0.255.